The Balaban J connectivity index is 1.59. The number of hydrogen-bond donors (Lipinski definition) is 0. The largest absolute Gasteiger partial charge is 0.472 e. The summed E-state index contributed by atoms with van der Waals surface area (Å²) in [5.41, 5.74) is 0.588. The molecule has 0 aliphatic heterocycles. The third-order valence-corrected chi connectivity index (χ3v) is 3.96. The Hall–Kier alpha value is -1.78. The molecule has 0 saturated heterocycles. The number of esters is 1. The van der Waals surface area contributed by atoms with Crippen molar-refractivity contribution >= 4 is 11.9 Å². The molecule has 2 unspecified atom stereocenters. The highest BCUT2D eigenvalue weighted by atomic mass is 16.5. The van der Waals surface area contributed by atoms with Crippen LogP contribution in [0.5, 0.6) is 0 Å². The van der Waals surface area contributed by atoms with Crippen LogP contribution in [0.15, 0.2) is 23.0 Å². The zero-order chi connectivity index (χ0) is 14.1. The first-order valence-electron chi connectivity index (χ1n) is 7.20. The predicted molar refractivity (Wildman–Crippen MR) is 71.0 cm³/mol. The number of carbonyl (C=O) groups is 2. The summed E-state index contributed by atoms with van der Waals surface area (Å²) in [6, 6.07) is 2.02. The van der Waals surface area contributed by atoms with E-state index >= 15 is 0 Å². The number of nitrogens with zero attached hydrogens (tertiary/aromatic N) is 1. The minimum atomic E-state index is -0.121. The van der Waals surface area contributed by atoms with Gasteiger partial charge in [0.05, 0.1) is 24.4 Å². The van der Waals surface area contributed by atoms with E-state index in [-0.39, 0.29) is 23.7 Å². The Bertz CT molecular complexity index is 492. The number of amides is 1. The lowest BCUT2D eigenvalue weighted by atomic mass is 10.2. The highest BCUT2D eigenvalue weighted by Gasteiger charge is 2.47. The van der Waals surface area contributed by atoms with E-state index in [1.165, 1.54) is 12.5 Å². The van der Waals surface area contributed by atoms with Crippen LogP contribution >= 0.6 is 0 Å². The van der Waals surface area contributed by atoms with E-state index in [0.717, 1.165) is 19.3 Å². The summed E-state index contributed by atoms with van der Waals surface area (Å²) >= 11 is 0. The first-order valence-corrected chi connectivity index (χ1v) is 7.20. The van der Waals surface area contributed by atoms with Gasteiger partial charge in [0.1, 0.15) is 6.26 Å². The van der Waals surface area contributed by atoms with E-state index in [0.29, 0.717) is 24.8 Å². The molecule has 2 aliphatic carbocycles. The monoisotopic (exact) mass is 277 g/mol. The van der Waals surface area contributed by atoms with Gasteiger partial charge >= 0.3 is 5.97 Å². The molecule has 2 aliphatic rings. The van der Waals surface area contributed by atoms with Gasteiger partial charge in [0.15, 0.2) is 0 Å². The lowest BCUT2D eigenvalue weighted by Crippen LogP contribution is -2.35. The molecule has 1 aromatic rings. The second-order valence-corrected chi connectivity index (χ2v) is 5.56. The van der Waals surface area contributed by atoms with E-state index in [9.17, 15) is 9.59 Å². The lowest BCUT2D eigenvalue weighted by Gasteiger charge is -2.21. The molecule has 0 aromatic carbocycles. The zero-order valence-electron chi connectivity index (χ0n) is 11.6. The molecule has 5 heteroatoms. The summed E-state index contributed by atoms with van der Waals surface area (Å²) in [4.78, 5) is 25.9. The van der Waals surface area contributed by atoms with Gasteiger partial charge in [0.25, 0.3) is 5.91 Å². The molecule has 20 heavy (non-hydrogen) atoms. The SMILES string of the molecule is CCOC(=O)C1CC1CN(C(=O)c1ccoc1)C1CC1. The van der Waals surface area contributed by atoms with Gasteiger partial charge in [-0.2, -0.15) is 0 Å². The van der Waals surface area contributed by atoms with Crippen LogP contribution in [-0.2, 0) is 9.53 Å². The topological polar surface area (TPSA) is 59.8 Å². The Morgan fingerprint density at radius 1 is 1.45 bits per heavy atom. The first kappa shape index (κ1) is 13.2. The first-order chi connectivity index (χ1) is 9.70. The summed E-state index contributed by atoms with van der Waals surface area (Å²) in [6.07, 6.45) is 5.94. The minimum absolute atomic E-state index is 0.00996. The second-order valence-electron chi connectivity index (χ2n) is 5.56. The molecule has 1 heterocycles. The third-order valence-electron chi connectivity index (χ3n) is 3.96. The average Bonchev–Trinajstić information content (AvgIpc) is 3.34. The lowest BCUT2D eigenvalue weighted by molar-refractivity contribution is -0.145. The maximum atomic E-state index is 12.4. The number of hydrogen-bond acceptors (Lipinski definition) is 4. The Labute approximate surface area is 117 Å². The van der Waals surface area contributed by atoms with Gasteiger partial charge < -0.3 is 14.1 Å². The molecule has 0 N–H and O–H groups in total. The molecule has 3 rings (SSSR count). The summed E-state index contributed by atoms with van der Waals surface area (Å²) in [7, 11) is 0. The van der Waals surface area contributed by atoms with E-state index in [1.54, 1.807) is 6.07 Å². The van der Waals surface area contributed by atoms with Gasteiger partial charge in [0.2, 0.25) is 0 Å². The van der Waals surface area contributed by atoms with E-state index < -0.39 is 0 Å². The van der Waals surface area contributed by atoms with Crippen molar-refractivity contribution in [3.63, 3.8) is 0 Å². The van der Waals surface area contributed by atoms with Gasteiger partial charge in [-0.05, 0) is 38.2 Å². The third kappa shape index (κ3) is 2.71. The van der Waals surface area contributed by atoms with Gasteiger partial charge in [-0.25, -0.2) is 0 Å². The number of ether oxygens (including phenoxy) is 1. The second kappa shape index (κ2) is 5.31. The molecule has 0 bridgehead atoms. The molecule has 1 aromatic heterocycles. The fourth-order valence-electron chi connectivity index (χ4n) is 2.58. The van der Waals surface area contributed by atoms with Gasteiger partial charge in [-0.3, -0.25) is 9.59 Å². The van der Waals surface area contributed by atoms with Crippen molar-refractivity contribution in [2.75, 3.05) is 13.2 Å². The van der Waals surface area contributed by atoms with Crippen LogP contribution in [0.25, 0.3) is 0 Å². The molecule has 0 spiro atoms. The Morgan fingerprint density at radius 3 is 2.85 bits per heavy atom. The van der Waals surface area contributed by atoms with Crippen LogP contribution in [0, 0.1) is 11.8 Å². The average molecular weight is 277 g/mol. The predicted octanol–water partition coefficient (Wildman–Crippen LogP) is 2.08. The van der Waals surface area contributed by atoms with Crippen LogP contribution < -0.4 is 0 Å². The van der Waals surface area contributed by atoms with Crippen LogP contribution in [0.3, 0.4) is 0 Å². The number of rotatable bonds is 6. The van der Waals surface area contributed by atoms with Crippen LogP contribution in [0.4, 0.5) is 0 Å². The van der Waals surface area contributed by atoms with Gasteiger partial charge in [0, 0.05) is 12.6 Å². The molecular formula is C15H19NO4. The van der Waals surface area contributed by atoms with Crippen molar-refractivity contribution in [1.82, 2.24) is 4.90 Å². The van der Waals surface area contributed by atoms with Crippen molar-refractivity contribution < 1.29 is 18.7 Å². The normalized spacial score (nSPS) is 24.2. The summed E-state index contributed by atoms with van der Waals surface area (Å²) < 4.78 is 10.0. The molecule has 5 nitrogen and oxygen atoms in total. The van der Waals surface area contributed by atoms with E-state index in [2.05, 4.69) is 0 Å². The molecule has 0 radical (unpaired) electrons. The smallest absolute Gasteiger partial charge is 0.309 e. The van der Waals surface area contributed by atoms with Gasteiger partial charge in [-0.1, -0.05) is 0 Å². The molecular weight excluding hydrogens is 258 g/mol. The zero-order valence-corrected chi connectivity index (χ0v) is 11.6. The molecule has 108 valence electrons. The quantitative estimate of drug-likeness (QED) is 0.747. The minimum Gasteiger partial charge on any atom is -0.472 e. The van der Waals surface area contributed by atoms with Crippen molar-refractivity contribution in [2.45, 2.75) is 32.2 Å². The number of furan rings is 1. The summed E-state index contributed by atoms with van der Waals surface area (Å²) in [6.45, 7) is 2.88. The maximum Gasteiger partial charge on any atom is 0.309 e. The summed E-state index contributed by atoms with van der Waals surface area (Å²) in [5, 5.41) is 0. The Kier molecular flexibility index (Phi) is 3.51. The van der Waals surface area contributed by atoms with Crippen molar-refractivity contribution in [3.05, 3.63) is 24.2 Å². The van der Waals surface area contributed by atoms with Crippen molar-refractivity contribution in [1.29, 1.82) is 0 Å². The Morgan fingerprint density at radius 2 is 2.25 bits per heavy atom. The van der Waals surface area contributed by atoms with Crippen LogP contribution in [0.1, 0.15) is 36.5 Å². The highest BCUT2D eigenvalue weighted by Crippen LogP contribution is 2.42. The highest BCUT2D eigenvalue weighted by molar-refractivity contribution is 5.94. The molecule has 1 amide bonds. The standard InChI is InChI=1S/C15H19NO4/c1-2-20-15(18)13-7-11(13)8-16(12-3-4-12)14(17)10-5-6-19-9-10/h5-6,9,11-13H,2-4,7-8H2,1H3. The van der Waals surface area contributed by atoms with E-state index in [4.69, 9.17) is 9.15 Å². The fourth-order valence-corrected chi connectivity index (χ4v) is 2.58. The van der Waals surface area contributed by atoms with Gasteiger partial charge in [-0.15, -0.1) is 0 Å². The van der Waals surface area contributed by atoms with E-state index in [1.807, 2.05) is 11.8 Å². The van der Waals surface area contributed by atoms with Crippen LogP contribution in [0.2, 0.25) is 0 Å². The molecule has 2 fully saturated rings. The number of carbonyl (C=O) groups excluding carboxylic acids is 2. The van der Waals surface area contributed by atoms with Crippen molar-refractivity contribution in [2.24, 2.45) is 11.8 Å². The maximum absolute atomic E-state index is 12.4. The molecule has 2 saturated carbocycles. The van der Waals surface area contributed by atoms with Crippen LogP contribution in [-0.4, -0.2) is 36.0 Å². The fraction of sp³-hybridized carbons (Fsp3) is 0.600. The van der Waals surface area contributed by atoms with Crippen molar-refractivity contribution in [3.8, 4) is 0 Å². The molecule has 2 atom stereocenters. The summed E-state index contributed by atoms with van der Waals surface area (Å²) in [5.74, 6) is 0.124.